The van der Waals surface area contributed by atoms with Gasteiger partial charge in [-0.3, -0.25) is 0 Å². The van der Waals surface area contributed by atoms with Crippen molar-refractivity contribution in [1.82, 2.24) is 4.98 Å². The van der Waals surface area contributed by atoms with E-state index < -0.39 is 0 Å². The number of aromatic hydroxyl groups is 1. The molecule has 0 aromatic carbocycles. The van der Waals surface area contributed by atoms with Gasteiger partial charge in [0.15, 0.2) is 11.6 Å². The molecule has 1 rings (SSSR count). The van der Waals surface area contributed by atoms with Gasteiger partial charge in [0.2, 0.25) is 0 Å². The van der Waals surface area contributed by atoms with Crippen LogP contribution in [0.1, 0.15) is 0 Å². The van der Waals surface area contributed by atoms with Gasteiger partial charge in [0.05, 0.1) is 5.69 Å². The minimum absolute atomic E-state index is 0.0440. The van der Waals surface area contributed by atoms with Crippen LogP contribution in [0, 0.1) is 0 Å². The maximum atomic E-state index is 8.96. The third-order valence-electron chi connectivity index (χ3n) is 1.07. The first-order valence-electron chi connectivity index (χ1n) is 2.61. The number of pyridine rings is 1. The van der Waals surface area contributed by atoms with Gasteiger partial charge >= 0.3 is 0 Å². The molecule has 7 N–H and O–H groups in total. The summed E-state index contributed by atoms with van der Waals surface area (Å²) in [5.41, 5.74) is 15.9. The molecule has 1 aromatic rings. The molecule has 0 bridgehead atoms. The Kier molecular flexibility index (Phi) is 1.26. The van der Waals surface area contributed by atoms with Crippen molar-refractivity contribution in [3.63, 3.8) is 0 Å². The molecule has 0 saturated carbocycles. The van der Waals surface area contributed by atoms with E-state index in [1.165, 1.54) is 6.07 Å². The summed E-state index contributed by atoms with van der Waals surface area (Å²) in [4.78, 5) is 3.56. The lowest BCUT2D eigenvalue weighted by molar-refractivity contribution is 0.478. The van der Waals surface area contributed by atoms with Gasteiger partial charge in [-0.25, -0.2) is 4.98 Å². The fourth-order valence-electron chi connectivity index (χ4n) is 0.600. The standard InChI is InChI=1S/C5H8N4O/c6-2-1-3(7)9-5(8)4(2)10/h1,10H,(H6,6,7,8,9). The van der Waals surface area contributed by atoms with E-state index in [4.69, 9.17) is 22.3 Å². The van der Waals surface area contributed by atoms with E-state index in [1.54, 1.807) is 0 Å². The molecule has 0 spiro atoms. The van der Waals surface area contributed by atoms with Crippen LogP contribution in [0.15, 0.2) is 6.07 Å². The highest BCUT2D eigenvalue weighted by Gasteiger charge is 2.02. The Bertz CT molecular complexity index is 237. The molecule has 0 aliphatic heterocycles. The summed E-state index contributed by atoms with van der Waals surface area (Å²) < 4.78 is 0. The summed E-state index contributed by atoms with van der Waals surface area (Å²) in [6.07, 6.45) is 0. The number of aromatic nitrogens is 1. The largest absolute Gasteiger partial charge is 0.503 e. The highest BCUT2D eigenvalue weighted by molar-refractivity contribution is 5.66. The van der Waals surface area contributed by atoms with Gasteiger partial charge in [-0.2, -0.15) is 0 Å². The SMILES string of the molecule is Nc1cc(N)c(O)c(N)n1. The van der Waals surface area contributed by atoms with Crippen molar-refractivity contribution in [2.45, 2.75) is 0 Å². The zero-order valence-corrected chi connectivity index (χ0v) is 5.20. The molecule has 0 saturated heterocycles. The third kappa shape index (κ3) is 0.883. The summed E-state index contributed by atoms with van der Waals surface area (Å²) in [6, 6.07) is 1.34. The lowest BCUT2D eigenvalue weighted by atomic mass is 10.3. The van der Waals surface area contributed by atoms with E-state index in [-0.39, 0.29) is 23.1 Å². The predicted molar refractivity (Wildman–Crippen MR) is 39.1 cm³/mol. The van der Waals surface area contributed by atoms with Gasteiger partial charge in [0, 0.05) is 6.07 Å². The van der Waals surface area contributed by atoms with Crippen molar-refractivity contribution >= 4 is 17.3 Å². The maximum absolute atomic E-state index is 8.96. The number of nitrogens with two attached hydrogens (primary N) is 3. The molecule has 0 atom stereocenters. The molecule has 0 fully saturated rings. The molecule has 0 unspecified atom stereocenters. The van der Waals surface area contributed by atoms with Crippen LogP contribution >= 0.6 is 0 Å². The van der Waals surface area contributed by atoms with Gasteiger partial charge in [-0.05, 0) is 0 Å². The second-order valence-electron chi connectivity index (χ2n) is 1.87. The quantitative estimate of drug-likeness (QED) is 0.389. The second-order valence-corrected chi connectivity index (χ2v) is 1.87. The van der Waals surface area contributed by atoms with E-state index in [0.29, 0.717) is 0 Å². The van der Waals surface area contributed by atoms with Crippen molar-refractivity contribution in [2.75, 3.05) is 17.2 Å². The third-order valence-corrected chi connectivity index (χ3v) is 1.07. The first kappa shape index (κ1) is 6.47. The van der Waals surface area contributed by atoms with Crippen LogP contribution < -0.4 is 17.2 Å². The fourth-order valence-corrected chi connectivity index (χ4v) is 0.600. The van der Waals surface area contributed by atoms with Crippen molar-refractivity contribution in [1.29, 1.82) is 0 Å². The number of hydrogen-bond donors (Lipinski definition) is 4. The number of nitrogen functional groups attached to an aromatic ring is 3. The molecule has 0 aliphatic carbocycles. The molecule has 0 aliphatic rings. The summed E-state index contributed by atoms with van der Waals surface area (Å²) >= 11 is 0. The van der Waals surface area contributed by atoms with Crippen LogP contribution in [0.2, 0.25) is 0 Å². The molecule has 0 radical (unpaired) electrons. The Labute approximate surface area is 57.5 Å². The van der Waals surface area contributed by atoms with E-state index in [1.807, 2.05) is 0 Å². The molecule has 54 valence electrons. The molecular formula is C5H8N4O. The minimum Gasteiger partial charge on any atom is -0.503 e. The average molecular weight is 140 g/mol. The predicted octanol–water partition coefficient (Wildman–Crippen LogP) is -0.466. The Morgan fingerprint density at radius 2 is 1.90 bits per heavy atom. The minimum atomic E-state index is -0.214. The van der Waals surface area contributed by atoms with Crippen molar-refractivity contribution in [3.8, 4) is 5.75 Å². The number of nitrogens with zero attached hydrogens (tertiary/aromatic N) is 1. The number of hydrogen-bond acceptors (Lipinski definition) is 5. The number of anilines is 3. The first-order chi connectivity index (χ1) is 4.61. The first-order valence-corrected chi connectivity index (χ1v) is 2.61. The molecule has 5 nitrogen and oxygen atoms in total. The smallest absolute Gasteiger partial charge is 0.181 e. The molecule has 0 amide bonds. The van der Waals surface area contributed by atoms with Crippen LogP contribution in [0.3, 0.4) is 0 Å². The normalized spacial score (nSPS) is 9.60. The van der Waals surface area contributed by atoms with Gasteiger partial charge in [-0.1, -0.05) is 0 Å². The monoisotopic (exact) mass is 140 g/mol. The van der Waals surface area contributed by atoms with Gasteiger partial charge < -0.3 is 22.3 Å². The van der Waals surface area contributed by atoms with Gasteiger partial charge in [0.1, 0.15) is 5.82 Å². The Balaban J connectivity index is 3.31. The Morgan fingerprint density at radius 3 is 2.40 bits per heavy atom. The highest BCUT2D eigenvalue weighted by Crippen LogP contribution is 2.26. The van der Waals surface area contributed by atoms with E-state index in [2.05, 4.69) is 4.98 Å². The van der Waals surface area contributed by atoms with Crippen LogP contribution in [0.5, 0.6) is 5.75 Å². The van der Waals surface area contributed by atoms with Gasteiger partial charge in [-0.15, -0.1) is 0 Å². The zero-order chi connectivity index (χ0) is 7.72. The maximum Gasteiger partial charge on any atom is 0.181 e. The Morgan fingerprint density at radius 1 is 1.30 bits per heavy atom. The summed E-state index contributed by atoms with van der Waals surface area (Å²) in [7, 11) is 0. The van der Waals surface area contributed by atoms with E-state index in [0.717, 1.165) is 0 Å². The Hall–Kier alpha value is -1.65. The second kappa shape index (κ2) is 1.94. The van der Waals surface area contributed by atoms with Crippen molar-refractivity contribution in [2.24, 2.45) is 0 Å². The van der Waals surface area contributed by atoms with Crippen LogP contribution in [-0.4, -0.2) is 10.1 Å². The molecule has 10 heavy (non-hydrogen) atoms. The average Bonchev–Trinajstić information content (AvgIpc) is 1.82. The van der Waals surface area contributed by atoms with Crippen LogP contribution in [0.25, 0.3) is 0 Å². The lowest BCUT2D eigenvalue weighted by Gasteiger charge is -2.01. The molecule has 1 aromatic heterocycles. The van der Waals surface area contributed by atoms with E-state index in [9.17, 15) is 0 Å². The molecule has 5 heteroatoms. The zero-order valence-electron chi connectivity index (χ0n) is 5.20. The molecular weight excluding hydrogens is 132 g/mol. The van der Waals surface area contributed by atoms with Gasteiger partial charge in [0.25, 0.3) is 0 Å². The summed E-state index contributed by atoms with van der Waals surface area (Å²) in [6.45, 7) is 0. The van der Waals surface area contributed by atoms with Crippen LogP contribution in [-0.2, 0) is 0 Å². The summed E-state index contributed by atoms with van der Waals surface area (Å²) in [5.74, 6) is -0.0560. The van der Waals surface area contributed by atoms with E-state index >= 15 is 0 Å². The van der Waals surface area contributed by atoms with Crippen molar-refractivity contribution in [3.05, 3.63) is 6.07 Å². The molecule has 1 heterocycles. The number of rotatable bonds is 0. The highest BCUT2D eigenvalue weighted by atomic mass is 16.3. The van der Waals surface area contributed by atoms with Crippen molar-refractivity contribution < 1.29 is 5.11 Å². The summed E-state index contributed by atoms with van der Waals surface area (Å²) in [5, 5.41) is 8.96. The lowest BCUT2D eigenvalue weighted by Crippen LogP contribution is -1.99. The fraction of sp³-hybridized carbons (Fsp3) is 0. The van der Waals surface area contributed by atoms with Crippen LogP contribution in [0.4, 0.5) is 17.3 Å². The topological polar surface area (TPSA) is 111 Å².